The van der Waals surface area contributed by atoms with Crippen LogP contribution < -0.4 is 0 Å². The van der Waals surface area contributed by atoms with Crippen LogP contribution in [0.25, 0.3) is 0 Å². The van der Waals surface area contributed by atoms with E-state index in [1.807, 2.05) is 0 Å². The molecule has 0 amide bonds. The monoisotopic (exact) mass is 304 g/mol. The Labute approximate surface area is 135 Å². The first-order valence-electron chi connectivity index (χ1n) is 8.48. The molecule has 116 valence electrons. The number of fused-ring (bicyclic) bond motifs is 2. The fraction of sp³-hybridized carbons (Fsp3) is 0.700. The molecule has 0 aliphatic heterocycles. The SMILES string of the molecule is CC1(C)CC2CC(c3ccccc3)(C1)C[C@@](C)(CCCl)C2. The molecule has 2 fully saturated rings. The van der Waals surface area contributed by atoms with Crippen LogP contribution in [0.15, 0.2) is 30.3 Å². The van der Waals surface area contributed by atoms with Gasteiger partial charge in [0.2, 0.25) is 0 Å². The molecule has 0 radical (unpaired) electrons. The number of rotatable bonds is 3. The van der Waals surface area contributed by atoms with E-state index in [-0.39, 0.29) is 0 Å². The van der Waals surface area contributed by atoms with Crippen LogP contribution in [-0.2, 0) is 5.41 Å². The first-order chi connectivity index (χ1) is 9.87. The molecule has 0 heterocycles. The van der Waals surface area contributed by atoms with Crippen LogP contribution >= 0.6 is 11.6 Å². The Kier molecular flexibility index (Phi) is 3.89. The third-order valence-electron chi connectivity index (χ3n) is 5.97. The smallest absolute Gasteiger partial charge is 0.0228 e. The minimum absolute atomic E-state index is 0.382. The highest BCUT2D eigenvalue weighted by molar-refractivity contribution is 6.17. The van der Waals surface area contributed by atoms with Crippen LogP contribution in [0.2, 0.25) is 0 Å². The van der Waals surface area contributed by atoms with Crippen molar-refractivity contribution in [1.82, 2.24) is 0 Å². The van der Waals surface area contributed by atoms with Gasteiger partial charge in [-0.05, 0) is 66.3 Å². The molecule has 0 N–H and O–H groups in total. The molecule has 0 nitrogen and oxygen atoms in total. The second-order valence-corrected chi connectivity index (χ2v) is 9.27. The largest absolute Gasteiger partial charge is 0.127 e. The molecule has 2 aliphatic carbocycles. The Morgan fingerprint density at radius 2 is 1.71 bits per heavy atom. The minimum atomic E-state index is 0.382. The molecule has 0 aromatic heterocycles. The highest BCUT2D eigenvalue weighted by Gasteiger charge is 2.52. The van der Waals surface area contributed by atoms with Gasteiger partial charge in [0, 0.05) is 5.88 Å². The van der Waals surface area contributed by atoms with Crippen molar-refractivity contribution < 1.29 is 0 Å². The quantitative estimate of drug-likeness (QED) is 0.585. The van der Waals surface area contributed by atoms with E-state index in [4.69, 9.17) is 11.6 Å². The molecular formula is C20H29Cl. The Morgan fingerprint density at radius 1 is 1.00 bits per heavy atom. The van der Waals surface area contributed by atoms with Crippen molar-refractivity contribution >= 4 is 11.6 Å². The Balaban J connectivity index is 2.01. The van der Waals surface area contributed by atoms with Crippen LogP contribution in [0.4, 0.5) is 0 Å². The fourth-order valence-corrected chi connectivity index (χ4v) is 6.32. The van der Waals surface area contributed by atoms with E-state index in [9.17, 15) is 0 Å². The van der Waals surface area contributed by atoms with Crippen molar-refractivity contribution in [3.8, 4) is 0 Å². The third kappa shape index (κ3) is 3.02. The summed E-state index contributed by atoms with van der Waals surface area (Å²) >= 11 is 6.13. The van der Waals surface area contributed by atoms with Gasteiger partial charge >= 0.3 is 0 Å². The summed E-state index contributed by atoms with van der Waals surface area (Å²) in [6.07, 6.45) is 7.96. The molecule has 2 bridgehead atoms. The number of benzene rings is 1. The first kappa shape index (κ1) is 15.4. The van der Waals surface area contributed by atoms with Gasteiger partial charge in [0.05, 0.1) is 0 Å². The van der Waals surface area contributed by atoms with Gasteiger partial charge in [-0.2, -0.15) is 0 Å². The average Bonchev–Trinajstić information content (AvgIpc) is 2.36. The lowest BCUT2D eigenvalue weighted by Crippen LogP contribution is -2.49. The van der Waals surface area contributed by atoms with Gasteiger partial charge < -0.3 is 0 Å². The van der Waals surface area contributed by atoms with Gasteiger partial charge in [-0.25, -0.2) is 0 Å². The number of alkyl halides is 1. The van der Waals surface area contributed by atoms with Crippen molar-refractivity contribution in [1.29, 1.82) is 0 Å². The Bertz CT molecular complexity index is 492. The van der Waals surface area contributed by atoms with E-state index < -0.39 is 0 Å². The lowest BCUT2D eigenvalue weighted by Gasteiger charge is -2.57. The average molecular weight is 305 g/mol. The predicted octanol–water partition coefficient (Wildman–Crippen LogP) is 6.18. The van der Waals surface area contributed by atoms with E-state index in [1.54, 1.807) is 5.56 Å². The molecule has 2 aliphatic rings. The van der Waals surface area contributed by atoms with Crippen LogP contribution in [0.3, 0.4) is 0 Å². The predicted molar refractivity (Wildman–Crippen MR) is 91.9 cm³/mol. The molecule has 1 aromatic carbocycles. The standard InChI is InChI=1S/C20H29Cl/c1-18(2)11-16-12-19(3,9-10-21)15-20(13-16,14-18)17-7-5-4-6-8-17/h4-8,16H,9-15H2,1-3H3/t16?,19-,20?/m0/s1. The van der Waals surface area contributed by atoms with Crippen molar-refractivity contribution in [2.24, 2.45) is 16.7 Å². The van der Waals surface area contributed by atoms with Crippen LogP contribution in [0.1, 0.15) is 64.9 Å². The van der Waals surface area contributed by atoms with Crippen LogP contribution in [0.5, 0.6) is 0 Å². The molecule has 3 atom stereocenters. The zero-order valence-corrected chi connectivity index (χ0v) is 14.5. The van der Waals surface area contributed by atoms with Gasteiger partial charge in [-0.1, -0.05) is 51.1 Å². The molecule has 0 saturated heterocycles. The Morgan fingerprint density at radius 3 is 2.38 bits per heavy atom. The van der Waals surface area contributed by atoms with E-state index in [0.717, 1.165) is 11.8 Å². The van der Waals surface area contributed by atoms with Gasteiger partial charge in [0.15, 0.2) is 0 Å². The summed E-state index contributed by atoms with van der Waals surface area (Å²) in [6, 6.07) is 11.3. The van der Waals surface area contributed by atoms with Crippen molar-refractivity contribution in [3.05, 3.63) is 35.9 Å². The number of hydrogen-bond donors (Lipinski definition) is 0. The first-order valence-corrected chi connectivity index (χ1v) is 9.02. The van der Waals surface area contributed by atoms with E-state index in [2.05, 4.69) is 51.1 Å². The van der Waals surface area contributed by atoms with Crippen LogP contribution in [-0.4, -0.2) is 5.88 Å². The van der Waals surface area contributed by atoms with Gasteiger partial charge in [0.1, 0.15) is 0 Å². The maximum absolute atomic E-state index is 6.13. The van der Waals surface area contributed by atoms with Crippen molar-refractivity contribution in [2.45, 2.75) is 64.7 Å². The summed E-state index contributed by atoms with van der Waals surface area (Å²) in [5, 5.41) is 0. The molecule has 3 rings (SSSR count). The number of halogens is 1. The lowest BCUT2D eigenvalue weighted by atomic mass is 9.47. The normalized spacial score (nSPS) is 38.2. The molecule has 2 saturated carbocycles. The number of hydrogen-bond acceptors (Lipinski definition) is 0. The highest BCUT2D eigenvalue weighted by atomic mass is 35.5. The summed E-state index contributed by atoms with van der Waals surface area (Å²) in [6.45, 7) is 7.43. The van der Waals surface area contributed by atoms with E-state index in [1.165, 1.54) is 38.5 Å². The maximum Gasteiger partial charge on any atom is 0.0228 e. The minimum Gasteiger partial charge on any atom is -0.127 e. The zero-order valence-electron chi connectivity index (χ0n) is 13.8. The van der Waals surface area contributed by atoms with E-state index >= 15 is 0 Å². The molecule has 1 heteroatoms. The Hall–Kier alpha value is -0.490. The molecule has 1 aromatic rings. The maximum atomic E-state index is 6.13. The highest BCUT2D eigenvalue weighted by Crippen LogP contribution is 2.61. The molecule has 0 spiro atoms. The van der Waals surface area contributed by atoms with E-state index in [0.29, 0.717) is 16.2 Å². The van der Waals surface area contributed by atoms with Gasteiger partial charge in [-0.3, -0.25) is 0 Å². The summed E-state index contributed by atoms with van der Waals surface area (Å²) in [7, 11) is 0. The summed E-state index contributed by atoms with van der Waals surface area (Å²) in [5.74, 6) is 1.67. The van der Waals surface area contributed by atoms with Gasteiger partial charge in [0.25, 0.3) is 0 Å². The summed E-state index contributed by atoms with van der Waals surface area (Å²) in [5.41, 5.74) is 2.86. The lowest BCUT2D eigenvalue weighted by molar-refractivity contribution is -0.0139. The molecule has 2 unspecified atom stereocenters. The van der Waals surface area contributed by atoms with Crippen molar-refractivity contribution in [3.63, 3.8) is 0 Å². The zero-order chi connectivity index (χ0) is 15.1. The topological polar surface area (TPSA) is 0 Å². The summed E-state index contributed by atoms with van der Waals surface area (Å²) in [4.78, 5) is 0. The van der Waals surface area contributed by atoms with Crippen molar-refractivity contribution in [2.75, 3.05) is 5.88 Å². The van der Waals surface area contributed by atoms with Crippen LogP contribution in [0, 0.1) is 16.7 Å². The van der Waals surface area contributed by atoms with Gasteiger partial charge in [-0.15, -0.1) is 11.6 Å². The fourth-order valence-electron chi connectivity index (χ4n) is 5.86. The summed E-state index contributed by atoms with van der Waals surface area (Å²) < 4.78 is 0. The second-order valence-electron chi connectivity index (χ2n) is 8.89. The second kappa shape index (κ2) is 5.30. The molecule has 21 heavy (non-hydrogen) atoms. The third-order valence-corrected chi connectivity index (χ3v) is 6.16. The molecular weight excluding hydrogens is 276 g/mol.